The highest BCUT2D eigenvalue weighted by Crippen LogP contribution is 2.32. The topological polar surface area (TPSA) is 72.9 Å². The van der Waals surface area contributed by atoms with E-state index < -0.39 is 23.7 Å². The molecule has 8 heteroatoms. The fourth-order valence-corrected chi connectivity index (χ4v) is 3.27. The molecule has 2 aromatic carbocycles. The van der Waals surface area contributed by atoms with E-state index in [1.54, 1.807) is 42.5 Å². The van der Waals surface area contributed by atoms with Gasteiger partial charge in [-0.05, 0) is 53.2 Å². The number of carbonyl (C=O) groups is 3. The normalized spacial score (nSPS) is 15.2. The molecule has 28 heavy (non-hydrogen) atoms. The maximum atomic E-state index is 13.2. The van der Waals surface area contributed by atoms with Gasteiger partial charge in [-0.15, -0.1) is 0 Å². The van der Waals surface area contributed by atoms with Crippen LogP contribution in [0.15, 0.2) is 53.4 Å². The highest BCUT2D eigenvalue weighted by molar-refractivity contribution is 8.18. The highest BCUT2D eigenvalue weighted by atomic mass is 32.2. The minimum atomic E-state index is -0.664. The summed E-state index contributed by atoms with van der Waals surface area (Å²) in [6, 6.07) is 13.0. The molecular formula is C20H16FNO5S. The first-order valence-corrected chi connectivity index (χ1v) is 9.07. The number of halogens is 1. The fraction of sp³-hybridized carbons (Fsp3) is 0.150. The van der Waals surface area contributed by atoms with Gasteiger partial charge >= 0.3 is 5.97 Å². The third-order valence-electron chi connectivity index (χ3n) is 3.86. The molecule has 2 aromatic rings. The molecule has 6 nitrogen and oxygen atoms in total. The van der Waals surface area contributed by atoms with Crippen LogP contribution in [0.4, 0.5) is 9.18 Å². The van der Waals surface area contributed by atoms with Gasteiger partial charge in [-0.2, -0.15) is 0 Å². The number of carbonyl (C=O) groups excluding carboxylic acids is 3. The van der Waals surface area contributed by atoms with Crippen molar-refractivity contribution in [3.63, 3.8) is 0 Å². The lowest BCUT2D eigenvalue weighted by molar-refractivity contribution is -0.143. The van der Waals surface area contributed by atoms with Crippen molar-refractivity contribution in [1.82, 2.24) is 4.90 Å². The summed E-state index contributed by atoms with van der Waals surface area (Å²) in [5.41, 5.74) is 1.41. The SMILES string of the molecule is COC(=O)CN1C(=O)S/C(=C\c2ccc(OCc3cccc(F)c3)cc2)C1=O. The summed E-state index contributed by atoms with van der Waals surface area (Å²) in [6.45, 7) is -0.186. The molecule has 0 radical (unpaired) electrons. The molecule has 1 fully saturated rings. The van der Waals surface area contributed by atoms with E-state index >= 15 is 0 Å². The summed E-state index contributed by atoms with van der Waals surface area (Å²) < 4.78 is 23.3. The number of imide groups is 1. The number of rotatable bonds is 6. The van der Waals surface area contributed by atoms with Gasteiger partial charge in [-0.1, -0.05) is 24.3 Å². The van der Waals surface area contributed by atoms with Crippen molar-refractivity contribution in [2.24, 2.45) is 0 Å². The zero-order chi connectivity index (χ0) is 20.1. The number of hydrogen-bond donors (Lipinski definition) is 0. The van der Waals surface area contributed by atoms with Crippen LogP contribution in [0, 0.1) is 5.82 Å². The average molecular weight is 401 g/mol. The minimum Gasteiger partial charge on any atom is -0.489 e. The maximum Gasteiger partial charge on any atom is 0.325 e. The van der Waals surface area contributed by atoms with Crippen molar-refractivity contribution in [2.75, 3.05) is 13.7 Å². The number of thioether (sulfide) groups is 1. The molecule has 1 aliphatic heterocycles. The van der Waals surface area contributed by atoms with Crippen LogP contribution in [0.3, 0.4) is 0 Å². The Bertz CT molecular complexity index is 942. The Hall–Kier alpha value is -3.13. The van der Waals surface area contributed by atoms with Crippen molar-refractivity contribution >= 4 is 35.0 Å². The predicted molar refractivity (Wildman–Crippen MR) is 102 cm³/mol. The van der Waals surface area contributed by atoms with E-state index in [1.807, 2.05) is 0 Å². The van der Waals surface area contributed by atoms with Crippen LogP contribution in [0.5, 0.6) is 5.75 Å². The fourth-order valence-electron chi connectivity index (χ4n) is 2.44. The Morgan fingerprint density at radius 3 is 2.61 bits per heavy atom. The van der Waals surface area contributed by atoms with E-state index in [0.29, 0.717) is 16.9 Å². The number of nitrogens with zero attached hydrogens (tertiary/aromatic N) is 1. The summed E-state index contributed by atoms with van der Waals surface area (Å²) in [5.74, 6) is -0.937. The van der Waals surface area contributed by atoms with Gasteiger partial charge in [0, 0.05) is 0 Å². The second kappa shape index (κ2) is 8.71. The zero-order valence-electron chi connectivity index (χ0n) is 14.9. The molecule has 0 atom stereocenters. The first kappa shape index (κ1) is 19.6. The lowest BCUT2D eigenvalue weighted by Crippen LogP contribution is -2.34. The standard InChI is InChI=1S/C20H16FNO5S/c1-26-18(23)11-22-19(24)17(28-20(22)25)10-13-5-7-16(8-6-13)27-12-14-3-2-4-15(21)9-14/h2-10H,11-12H2,1H3/b17-10-. The Morgan fingerprint density at radius 1 is 1.18 bits per heavy atom. The molecule has 0 unspecified atom stereocenters. The summed E-state index contributed by atoms with van der Waals surface area (Å²) in [7, 11) is 1.19. The molecule has 1 heterocycles. The third-order valence-corrected chi connectivity index (χ3v) is 4.77. The van der Waals surface area contributed by atoms with Crippen molar-refractivity contribution in [3.05, 3.63) is 70.4 Å². The predicted octanol–water partition coefficient (Wildman–Crippen LogP) is 3.61. The molecule has 0 aromatic heterocycles. The average Bonchev–Trinajstić information content (AvgIpc) is 2.94. The second-order valence-electron chi connectivity index (χ2n) is 5.83. The molecule has 144 valence electrons. The Kier molecular flexibility index (Phi) is 6.10. The second-order valence-corrected chi connectivity index (χ2v) is 6.82. The molecule has 0 aliphatic carbocycles. The highest BCUT2D eigenvalue weighted by Gasteiger charge is 2.36. The van der Waals surface area contributed by atoms with E-state index in [4.69, 9.17) is 4.74 Å². The van der Waals surface area contributed by atoms with E-state index in [0.717, 1.165) is 16.7 Å². The lowest BCUT2D eigenvalue weighted by Gasteiger charge is -2.09. The number of methoxy groups -OCH3 is 1. The monoisotopic (exact) mass is 401 g/mol. The third kappa shape index (κ3) is 4.77. The Balaban J connectivity index is 1.64. The quantitative estimate of drug-likeness (QED) is 0.544. The molecule has 0 bridgehead atoms. The summed E-state index contributed by atoms with van der Waals surface area (Å²) in [5, 5.41) is -0.517. The molecule has 0 saturated carbocycles. The van der Waals surface area contributed by atoms with Crippen LogP contribution in [-0.4, -0.2) is 35.7 Å². The van der Waals surface area contributed by atoms with Crippen molar-refractivity contribution in [2.45, 2.75) is 6.61 Å². The summed E-state index contributed by atoms with van der Waals surface area (Å²) in [4.78, 5) is 36.6. The molecule has 0 spiro atoms. The van der Waals surface area contributed by atoms with Gasteiger partial charge in [0.2, 0.25) is 0 Å². The van der Waals surface area contributed by atoms with Crippen LogP contribution in [0.1, 0.15) is 11.1 Å². The van der Waals surface area contributed by atoms with Crippen LogP contribution < -0.4 is 4.74 Å². The van der Waals surface area contributed by atoms with Crippen LogP contribution in [0.2, 0.25) is 0 Å². The van der Waals surface area contributed by atoms with Gasteiger partial charge in [0.05, 0.1) is 12.0 Å². The van der Waals surface area contributed by atoms with E-state index in [2.05, 4.69) is 4.74 Å². The number of benzene rings is 2. The van der Waals surface area contributed by atoms with Crippen LogP contribution >= 0.6 is 11.8 Å². The van der Waals surface area contributed by atoms with Gasteiger partial charge in [0.25, 0.3) is 11.1 Å². The van der Waals surface area contributed by atoms with Crippen molar-refractivity contribution in [3.8, 4) is 5.75 Å². The van der Waals surface area contributed by atoms with E-state index in [1.165, 1.54) is 19.2 Å². The lowest BCUT2D eigenvalue weighted by atomic mass is 10.2. The Morgan fingerprint density at radius 2 is 1.93 bits per heavy atom. The zero-order valence-corrected chi connectivity index (χ0v) is 15.7. The van der Waals surface area contributed by atoms with Crippen LogP contribution in [-0.2, 0) is 20.9 Å². The molecule has 0 N–H and O–H groups in total. The first-order chi connectivity index (χ1) is 13.5. The van der Waals surface area contributed by atoms with Gasteiger partial charge in [0.1, 0.15) is 24.7 Å². The number of esters is 1. The number of amides is 2. The van der Waals surface area contributed by atoms with Gasteiger partial charge in [-0.3, -0.25) is 19.3 Å². The first-order valence-electron chi connectivity index (χ1n) is 8.26. The van der Waals surface area contributed by atoms with Crippen molar-refractivity contribution in [1.29, 1.82) is 0 Å². The molecule has 3 rings (SSSR count). The molecular weight excluding hydrogens is 385 g/mol. The van der Waals surface area contributed by atoms with Gasteiger partial charge in [0.15, 0.2) is 0 Å². The number of hydrogen-bond acceptors (Lipinski definition) is 6. The summed E-state index contributed by atoms with van der Waals surface area (Å²) >= 11 is 0.766. The van der Waals surface area contributed by atoms with Gasteiger partial charge < -0.3 is 9.47 Å². The maximum absolute atomic E-state index is 13.2. The van der Waals surface area contributed by atoms with E-state index in [9.17, 15) is 18.8 Å². The smallest absolute Gasteiger partial charge is 0.325 e. The molecule has 2 amide bonds. The van der Waals surface area contributed by atoms with Crippen LogP contribution in [0.25, 0.3) is 6.08 Å². The number of ether oxygens (including phenoxy) is 2. The largest absolute Gasteiger partial charge is 0.489 e. The van der Waals surface area contributed by atoms with Gasteiger partial charge in [-0.25, -0.2) is 4.39 Å². The van der Waals surface area contributed by atoms with Crippen molar-refractivity contribution < 1.29 is 28.2 Å². The minimum absolute atomic E-state index is 0.224. The Labute approximate surface area is 164 Å². The molecule has 1 saturated heterocycles. The molecule has 1 aliphatic rings. The van der Waals surface area contributed by atoms with E-state index in [-0.39, 0.29) is 17.3 Å². The summed E-state index contributed by atoms with van der Waals surface area (Å²) in [6.07, 6.45) is 1.57.